The molecule has 1 N–H and O–H groups in total. The number of carbonyl (C=O) groups is 1. The molecule has 7 heteroatoms. The summed E-state index contributed by atoms with van der Waals surface area (Å²) in [5.41, 5.74) is 0. The number of carboxylic acids is 1. The van der Waals surface area contributed by atoms with Crippen LogP contribution in [0.1, 0.15) is 19.8 Å². The number of halogens is 1. The fourth-order valence-corrected chi connectivity index (χ4v) is 4.32. The zero-order valence-electron chi connectivity index (χ0n) is 11.0. The molecule has 0 radical (unpaired) electrons. The highest BCUT2D eigenvalue weighted by Gasteiger charge is 2.37. The summed E-state index contributed by atoms with van der Waals surface area (Å²) >= 11 is 3.26. The zero-order valence-corrected chi connectivity index (χ0v) is 13.4. The van der Waals surface area contributed by atoms with Crippen LogP contribution in [0.3, 0.4) is 0 Å². The zero-order chi connectivity index (χ0) is 14.9. The van der Waals surface area contributed by atoms with Gasteiger partial charge in [-0.1, -0.05) is 15.9 Å². The van der Waals surface area contributed by atoms with Crippen molar-refractivity contribution in [3.05, 3.63) is 28.7 Å². The van der Waals surface area contributed by atoms with Crippen LogP contribution in [-0.4, -0.2) is 36.4 Å². The lowest BCUT2D eigenvalue weighted by Gasteiger charge is -2.35. The lowest BCUT2D eigenvalue weighted by Crippen LogP contribution is -2.47. The van der Waals surface area contributed by atoms with Crippen molar-refractivity contribution in [3.63, 3.8) is 0 Å². The van der Waals surface area contributed by atoms with Gasteiger partial charge in [-0.3, -0.25) is 4.79 Å². The summed E-state index contributed by atoms with van der Waals surface area (Å²) < 4.78 is 27.3. The van der Waals surface area contributed by atoms with Gasteiger partial charge in [-0.2, -0.15) is 4.31 Å². The summed E-state index contributed by atoms with van der Waals surface area (Å²) in [4.78, 5) is 11.3. The Bertz CT molecular complexity index is 599. The van der Waals surface area contributed by atoms with Gasteiger partial charge in [0.1, 0.15) is 0 Å². The van der Waals surface area contributed by atoms with E-state index in [9.17, 15) is 13.2 Å². The number of hydrogen-bond donors (Lipinski definition) is 1. The van der Waals surface area contributed by atoms with Crippen molar-refractivity contribution < 1.29 is 18.3 Å². The second kappa shape index (κ2) is 5.83. The summed E-state index contributed by atoms with van der Waals surface area (Å²) in [7, 11) is -3.65. The van der Waals surface area contributed by atoms with Crippen LogP contribution in [-0.2, 0) is 14.8 Å². The molecule has 1 aliphatic heterocycles. The van der Waals surface area contributed by atoms with Crippen LogP contribution in [0, 0.1) is 5.92 Å². The van der Waals surface area contributed by atoms with Crippen molar-refractivity contribution in [1.82, 2.24) is 4.31 Å². The third-order valence-corrected chi connectivity index (χ3v) is 6.12. The van der Waals surface area contributed by atoms with Gasteiger partial charge in [-0.25, -0.2) is 8.42 Å². The van der Waals surface area contributed by atoms with E-state index >= 15 is 0 Å². The van der Waals surface area contributed by atoms with Crippen LogP contribution in [0.5, 0.6) is 0 Å². The maximum atomic E-state index is 12.6. The first-order chi connectivity index (χ1) is 9.32. The second-order valence-electron chi connectivity index (χ2n) is 4.99. The molecule has 5 nitrogen and oxygen atoms in total. The summed E-state index contributed by atoms with van der Waals surface area (Å²) in [5.74, 6) is -1.57. The predicted octanol–water partition coefficient (Wildman–Crippen LogP) is 2.32. The molecule has 1 fully saturated rings. The first-order valence-electron chi connectivity index (χ1n) is 6.32. The van der Waals surface area contributed by atoms with E-state index in [0.717, 1.165) is 4.47 Å². The van der Waals surface area contributed by atoms with Crippen molar-refractivity contribution in [2.75, 3.05) is 6.54 Å². The Morgan fingerprint density at radius 1 is 1.30 bits per heavy atom. The Hall–Kier alpha value is -0.920. The van der Waals surface area contributed by atoms with E-state index < -0.39 is 21.9 Å². The highest BCUT2D eigenvalue weighted by Crippen LogP contribution is 2.28. The first-order valence-corrected chi connectivity index (χ1v) is 8.56. The smallest absolute Gasteiger partial charge is 0.307 e. The Labute approximate surface area is 126 Å². The van der Waals surface area contributed by atoms with Gasteiger partial charge in [0.15, 0.2) is 0 Å². The van der Waals surface area contributed by atoms with Gasteiger partial charge < -0.3 is 5.11 Å². The van der Waals surface area contributed by atoms with E-state index in [1.807, 2.05) is 6.92 Å². The molecule has 2 atom stereocenters. The van der Waals surface area contributed by atoms with Crippen LogP contribution in [0.2, 0.25) is 0 Å². The minimum absolute atomic E-state index is 0.0366. The molecular formula is C13H16BrNO4S. The number of benzene rings is 1. The highest BCUT2D eigenvalue weighted by atomic mass is 79.9. The second-order valence-corrected chi connectivity index (χ2v) is 7.80. The van der Waals surface area contributed by atoms with Crippen molar-refractivity contribution >= 4 is 31.9 Å². The van der Waals surface area contributed by atoms with Crippen LogP contribution in [0.25, 0.3) is 0 Å². The van der Waals surface area contributed by atoms with Crippen molar-refractivity contribution in [2.24, 2.45) is 5.92 Å². The molecule has 20 heavy (non-hydrogen) atoms. The van der Waals surface area contributed by atoms with Gasteiger partial charge >= 0.3 is 5.97 Å². The van der Waals surface area contributed by atoms with E-state index in [-0.39, 0.29) is 17.5 Å². The predicted molar refractivity (Wildman–Crippen MR) is 77.9 cm³/mol. The van der Waals surface area contributed by atoms with Gasteiger partial charge in [0.25, 0.3) is 0 Å². The van der Waals surface area contributed by atoms with E-state index in [0.29, 0.717) is 12.8 Å². The fraction of sp³-hybridized carbons (Fsp3) is 0.462. The lowest BCUT2D eigenvalue weighted by atomic mass is 9.96. The van der Waals surface area contributed by atoms with E-state index in [1.165, 1.54) is 16.4 Å². The third-order valence-electron chi connectivity index (χ3n) is 3.59. The van der Waals surface area contributed by atoms with Crippen LogP contribution >= 0.6 is 15.9 Å². The largest absolute Gasteiger partial charge is 0.481 e. The maximum absolute atomic E-state index is 12.6. The SMILES string of the molecule is CC1CCC(C(=O)O)CN1S(=O)(=O)c1ccc(Br)cc1. The summed E-state index contributed by atoms with van der Waals surface area (Å²) in [6, 6.07) is 6.19. The standard InChI is InChI=1S/C13H16BrNO4S/c1-9-2-3-10(13(16)17)8-15(9)20(18,19)12-6-4-11(14)5-7-12/h4-7,9-10H,2-3,8H2,1H3,(H,16,17). The highest BCUT2D eigenvalue weighted by molar-refractivity contribution is 9.10. The summed E-state index contributed by atoms with van der Waals surface area (Å²) in [5, 5.41) is 9.09. The molecule has 1 heterocycles. The monoisotopic (exact) mass is 361 g/mol. The Kier molecular flexibility index (Phi) is 4.51. The maximum Gasteiger partial charge on any atom is 0.307 e. The first kappa shape index (κ1) is 15.5. The van der Waals surface area contributed by atoms with Gasteiger partial charge in [0.05, 0.1) is 10.8 Å². The van der Waals surface area contributed by atoms with Gasteiger partial charge in [0, 0.05) is 17.1 Å². The van der Waals surface area contributed by atoms with Crippen LogP contribution < -0.4 is 0 Å². The number of aliphatic carboxylic acids is 1. The van der Waals surface area contributed by atoms with Crippen LogP contribution in [0.4, 0.5) is 0 Å². The Morgan fingerprint density at radius 2 is 1.90 bits per heavy atom. The van der Waals surface area contributed by atoms with E-state index in [4.69, 9.17) is 5.11 Å². The molecule has 1 saturated heterocycles. The quantitative estimate of drug-likeness (QED) is 0.896. The molecule has 0 aromatic heterocycles. The van der Waals surface area contributed by atoms with Gasteiger partial charge in [-0.15, -0.1) is 0 Å². The minimum atomic E-state index is -3.65. The molecule has 2 unspecified atom stereocenters. The average Bonchev–Trinajstić information content (AvgIpc) is 2.39. The number of hydrogen-bond acceptors (Lipinski definition) is 3. The number of sulfonamides is 1. The molecule has 0 spiro atoms. The normalized spacial score (nSPS) is 24.5. The average molecular weight is 362 g/mol. The Balaban J connectivity index is 2.31. The summed E-state index contributed by atoms with van der Waals surface area (Å²) in [6.45, 7) is 1.85. The molecule has 0 amide bonds. The minimum Gasteiger partial charge on any atom is -0.481 e. The molecule has 1 aliphatic rings. The molecule has 2 rings (SSSR count). The lowest BCUT2D eigenvalue weighted by molar-refractivity contribution is -0.143. The summed E-state index contributed by atoms with van der Waals surface area (Å²) in [6.07, 6.45) is 1.08. The molecule has 1 aromatic carbocycles. The molecule has 0 saturated carbocycles. The number of nitrogens with zero attached hydrogens (tertiary/aromatic N) is 1. The topological polar surface area (TPSA) is 74.7 Å². The third kappa shape index (κ3) is 3.05. The molecule has 1 aromatic rings. The van der Waals surface area contributed by atoms with Gasteiger partial charge in [-0.05, 0) is 44.0 Å². The van der Waals surface area contributed by atoms with E-state index in [1.54, 1.807) is 12.1 Å². The van der Waals surface area contributed by atoms with Crippen LogP contribution in [0.15, 0.2) is 33.6 Å². The molecular weight excluding hydrogens is 346 g/mol. The van der Waals surface area contributed by atoms with E-state index in [2.05, 4.69) is 15.9 Å². The van der Waals surface area contributed by atoms with Crippen molar-refractivity contribution in [3.8, 4) is 0 Å². The van der Waals surface area contributed by atoms with Gasteiger partial charge in [0.2, 0.25) is 10.0 Å². The number of carboxylic acid groups (broad SMARTS) is 1. The molecule has 110 valence electrons. The molecule has 0 aliphatic carbocycles. The van der Waals surface area contributed by atoms with Crippen molar-refractivity contribution in [1.29, 1.82) is 0 Å². The molecule has 0 bridgehead atoms. The number of rotatable bonds is 3. The number of piperidine rings is 1. The fourth-order valence-electron chi connectivity index (χ4n) is 2.35. The Morgan fingerprint density at radius 3 is 2.45 bits per heavy atom. The van der Waals surface area contributed by atoms with Crippen molar-refractivity contribution in [2.45, 2.75) is 30.7 Å².